The van der Waals surface area contributed by atoms with Gasteiger partial charge in [-0.3, -0.25) is 0 Å². The number of rotatable bonds is 21. The van der Waals surface area contributed by atoms with E-state index in [0.29, 0.717) is 0 Å². The molecule has 0 amide bonds. The van der Waals surface area contributed by atoms with E-state index in [-0.39, 0.29) is 0 Å². The quantitative estimate of drug-likeness (QED) is 0.0664. The zero-order chi connectivity index (χ0) is 56.2. The van der Waals surface area contributed by atoms with Crippen molar-refractivity contribution in [1.29, 1.82) is 0 Å². The summed E-state index contributed by atoms with van der Waals surface area (Å²) in [6.07, 6.45) is 0. The molecule has 0 fully saturated rings. The Morgan fingerprint density at radius 2 is 0.337 bits per heavy atom. The summed E-state index contributed by atoms with van der Waals surface area (Å²) >= 11 is -1.72. The predicted octanol–water partition coefficient (Wildman–Crippen LogP) is 22.0. The Hall–Kier alpha value is -6.76. The van der Waals surface area contributed by atoms with E-state index in [1.54, 1.807) is 35.3 Å². The van der Waals surface area contributed by atoms with Crippen LogP contribution in [0, 0.1) is 0 Å². The van der Waals surface area contributed by atoms with E-state index in [4.69, 9.17) is 7.38 Å². The topological polar surface area (TPSA) is 44.8 Å². The van der Waals surface area contributed by atoms with Gasteiger partial charge in [0.2, 0.25) is 0 Å². The van der Waals surface area contributed by atoms with E-state index in [2.05, 4.69) is 218 Å². The molecule has 0 aliphatic heterocycles. The summed E-state index contributed by atoms with van der Waals surface area (Å²) in [4.78, 5) is 14.0. The van der Waals surface area contributed by atoms with Crippen molar-refractivity contribution in [3.05, 3.63) is 346 Å². The summed E-state index contributed by atoms with van der Waals surface area (Å²) in [5.74, 6) is 0. The minimum absolute atomic E-state index is 0.832. The Bertz CT molecular complexity index is 3470. The van der Waals surface area contributed by atoms with Gasteiger partial charge >= 0.3 is 516 Å². The van der Waals surface area contributed by atoms with Crippen LogP contribution in [0.1, 0.15) is 0 Å². The number of hydrogen-bond acceptors (Lipinski definition) is 7. The molecular formula is C72H57O4S6Sb. The van der Waals surface area contributed by atoms with Gasteiger partial charge in [0.1, 0.15) is 0 Å². The zero-order valence-electron chi connectivity index (χ0n) is 44.9. The minimum atomic E-state index is -6.78. The van der Waals surface area contributed by atoms with Crippen LogP contribution in [0.15, 0.2) is 419 Å². The van der Waals surface area contributed by atoms with Crippen molar-refractivity contribution < 1.29 is 10.4 Å². The van der Waals surface area contributed by atoms with E-state index in [0.717, 1.165) is 73.4 Å². The van der Waals surface area contributed by atoms with E-state index in [9.17, 15) is 0 Å². The molecule has 0 aromatic heterocycles. The monoisotopic (exact) mass is 1300 g/mol. The maximum atomic E-state index is 18.8. The third-order valence-electron chi connectivity index (χ3n) is 13.5. The SMILES string of the molecule is [O]=[Sb]([O]S(c1ccccc1)(c1ccccc1)c1ccc(Sc2ccccc2)cc1)([O]S(c1ccccc1)(c1ccccc1)c1ccc(Sc2ccccc2)cc1)[O]S(c1ccccc1)(c1ccccc1)c1ccc(Sc2ccccc2)cc1. The van der Waals surface area contributed by atoms with Crippen molar-refractivity contribution in [3.63, 3.8) is 0 Å². The van der Waals surface area contributed by atoms with Gasteiger partial charge in [-0.25, -0.2) is 0 Å². The normalized spacial score (nSPS) is 12.5. The first-order chi connectivity index (χ1) is 40.9. The van der Waals surface area contributed by atoms with Crippen LogP contribution in [0.3, 0.4) is 0 Å². The molecular weight excluding hydrogens is 1240 g/mol. The Kier molecular flexibility index (Phi) is 18.1. The van der Waals surface area contributed by atoms with Crippen LogP contribution in [-0.2, 0) is 10.4 Å². The van der Waals surface area contributed by atoms with Crippen molar-refractivity contribution in [1.82, 2.24) is 0 Å². The van der Waals surface area contributed by atoms with Gasteiger partial charge in [-0.2, -0.15) is 0 Å². The Labute approximate surface area is 511 Å². The first-order valence-electron chi connectivity index (χ1n) is 27.0. The van der Waals surface area contributed by atoms with Gasteiger partial charge in [-0.1, -0.05) is 0 Å². The second-order valence-corrected chi connectivity index (χ2v) is 36.7. The van der Waals surface area contributed by atoms with E-state index in [1.165, 1.54) is 0 Å². The fourth-order valence-corrected chi connectivity index (χ4v) is 36.9. The summed E-state index contributed by atoms with van der Waals surface area (Å²) < 4.78 is 43.7. The van der Waals surface area contributed by atoms with Gasteiger partial charge in [0.15, 0.2) is 0 Å². The second-order valence-electron chi connectivity index (χ2n) is 18.9. The van der Waals surface area contributed by atoms with Crippen LogP contribution in [0.2, 0.25) is 0 Å². The summed E-state index contributed by atoms with van der Waals surface area (Å²) in [6, 6.07) is 118. The molecule has 12 rings (SSSR count). The van der Waals surface area contributed by atoms with Crippen LogP contribution in [0.4, 0.5) is 0 Å². The molecule has 0 aliphatic rings. The maximum absolute atomic E-state index is 18.8. The molecule has 12 aromatic rings. The molecule has 11 heteroatoms. The van der Waals surface area contributed by atoms with Gasteiger partial charge < -0.3 is 0 Å². The molecule has 0 bridgehead atoms. The van der Waals surface area contributed by atoms with Crippen LogP contribution in [-0.4, -0.2) is 20.1 Å². The molecule has 0 radical (unpaired) electrons. The third-order valence-corrected chi connectivity index (χ3v) is 36.6. The summed E-state index contributed by atoms with van der Waals surface area (Å²) in [5.41, 5.74) is 0. The van der Waals surface area contributed by atoms with Gasteiger partial charge in [0.25, 0.3) is 0 Å². The van der Waals surface area contributed by atoms with Crippen molar-refractivity contribution in [2.24, 2.45) is 0 Å². The Morgan fingerprint density at radius 3 is 0.518 bits per heavy atom. The van der Waals surface area contributed by atoms with E-state index < -0.39 is 51.0 Å². The van der Waals surface area contributed by atoms with Gasteiger partial charge in [-0.15, -0.1) is 0 Å². The van der Waals surface area contributed by atoms with Crippen LogP contribution >= 0.6 is 66.2 Å². The average Bonchev–Trinajstić information content (AvgIpc) is 2.49. The molecule has 0 atom stereocenters. The van der Waals surface area contributed by atoms with Crippen molar-refractivity contribution in [2.75, 3.05) is 0 Å². The molecule has 0 N–H and O–H groups in total. The van der Waals surface area contributed by atoms with Crippen molar-refractivity contribution >= 4 is 86.3 Å². The van der Waals surface area contributed by atoms with E-state index >= 15 is 3.02 Å². The second kappa shape index (κ2) is 26.4. The number of hydrogen-bond donors (Lipinski definition) is 0. The number of benzene rings is 12. The molecule has 0 saturated carbocycles. The molecule has 0 aliphatic carbocycles. The third kappa shape index (κ3) is 12.6. The Morgan fingerprint density at radius 1 is 0.193 bits per heavy atom. The van der Waals surface area contributed by atoms with Crippen LogP contribution < -0.4 is 0 Å². The Balaban J connectivity index is 1.14. The summed E-state index contributed by atoms with van der Waals surface area (Å²) in [7, 11) is -9.19. The molecule has 410 valence electrons. The fourth-order valence-electron chi connectivity index (χ4n) is 9.70. The first-order valence-corrected chi connectivity index (χ1v) is 38.2. The zero-order valence-corrected chi connectivity index (χ0v) is 52.4. The van der Waals surface area contributed by atoms with E-state index in [1.807, 2.05) is 127 Å². The molecule has 12 aromatic carbocycles. The van der Waals surface area contributed by atoms with Gasteiger partial charge in [-0.05, 0) is 0 Å². The van der Waals surface area contributed by atoms with Crippen LogP contribution in [0.5, 0.6) is 0 Å². The predicted molar refractivity (Wildman–Crippen MR) is 347 cm³/mol. The summed E-state index contributed by atoms with van der Waals surface area (Å²) in [5, 5.41) is 0. The van der Waals surface area contributed by atoms with Crippen LogP contribution in [0.25, 0.3) is 0 Å². The average molecular weight is 1300 g/mol. The van der Waals surface area contributed by atoms with Crippen molar-refractivity contribution in [2.45, 2.75) is 73.4 Å². The fraction of sp³-hybridized carbons (Fsp3) is 0. The molecule has 4 nitrogen and oxygen atoms in total. The van der Waals surface area contributed by atoms with Gasteiger partial charge in [0, 0.05) is 0 Å². The van der Waals surface area contributed by atoms with Crippen molar-refractivity contribution in [3.8, 4) is 0 Å². The molecule has 83 heavy (non-hydrogen) atoms. The molecule has 0 spiro atoms. The standard InChI is InChI=1S/3C24H20OS2.O.Sb/c3*25-27(22-12-6-2-7-13-22,23-14-8-3-9-15-23)24-18-16-21(17-19-24)26-20-10-4-1-5-11-20;;/h3*1-19,25H;;/q;;;;+3/p-3. The summed E-state index contributed by atoms with van der Waals surface area (Å²) in [6.45, 7) is 0. The molecule has 0 heterocycles. The van der Waals surface area contributed by atoms with Gasteiger partial charge in [0.05, 0.1) is 0 Å². The molecule has 0 saturated heterocycles. The first kappa shape index (κ1) is 56.7. The molecule has 0 unspecified atom stereocenters.